The topological polar surface area (TPSA) is 286 Å². The lowest BCUT2D eigenvalue weighted by molar-refractivity contribution is -0.161. The van der Waals surface area contributed by atoms with Gasteiger partial charge in [0.25, 0.3) is 0 Å². The fourth-order valence-corrected chi connectivity index (χ4v) is 8.58. The number of esters is 2. The van der Waals surface area contributed by atoms with E-state index < -0.39 is 89.8 Å². The van der Waals surface area contributed by atoms with Crippen LogP contribution in [0.2, 0.25) is 0 Å². The summed E-state index contributed by atoms with van der Waals surface area (Å²) in [4.78, 5) is 61.6. The van der Waals surface area contributed by atoms with Gasteiger partial charge in [-0.3, -0.25) is 23.2 Å². The summed E-state index contributed by atoms with van der Waals surface area (Å²) in [5.74, 6) is -0.671. The fraction of sp³-hybridized carbons (Fsp3) is 0.721. The third kappa shape index (κ3) is 25.0. The summed E-state index contributed by atoms with van der Waals surface area (Å²) in [5.41, 5.74) is 4.56. The van der Waals surface area contributed by atoms with Crippen molar-refractivity contribution in [2.24, 2.45) is 5.92 Å². The van der Waals surface area contributed by atoms with Gasteiger partial charge in [-0.1, -0.05) is 128 Å². The molecule has 1 aliphatic rings. The van der Waals surface area contributed by atoms with Crippen LogP contribution in [0.1, 0.15) is 143 Å². The minimum atomic E-state index is -5.44. The van der Waals surface area contributed by atoms with E-state index in [4.69, 9.17) is 29.0 Å². The van der Waals surface area contributed by atoms with Crippen LogP contribution in [-0.4, -0.2) is 96.9 Å². The molecule has 0 bridgehead atoms. The first-order chi connectivity index (χ1) is 30.5. The molecule has 366 valence electrons. The Bertz CT molecular complexity index is 1740. The van der Waals surface area contributed by atoms with E-state index in [1.165, 1.54) is 25.3 Å². The van der Waals surface area contributed by atoms with E-state index in [0.717, 1.165) is 68.6 Å². The molecule has 1 fully saturated rings. The highest BCUT2D eigenvalue weighted by Gasteiger charge is 2.46. The number of ether oxygens (including phenoxy) is 3. The van der Waals surface area contributed by atoms with Crippen LogP contribution in [0.4, 0.5) is 5.82 Å². The molecule has 0 amide bonds. The highest BCUT2D eigenvalue weighted by molar-refractivity contribution is 7.61. The lowest BCUT2D eigenvalue weighted by Crippen LogP contribution is -2.36. The number of hydrogen-bond acceptors (Lipinski definition) is 16. The van der Waals surface area contributed by atoms with Crippen LogP contribution in [0, 0.1) is 5.92 Å². The van der Waals surface area contributed by atoms with Gasteiger partial charge in [0.05, 0.1) is 19.3 Å². The molecule has 1 aromatic heterocycles. The van der Waals surface area contributed by atoms with E-state index >= 15 is 0 Å². The Morgan fingerprint density at radius 1 is 0.859 bits per heavy atom. The molecule has 0 aliphatic carbocycles. The molecular formula is C43H73N3O16P2. The van der Waals surface area contributed by atoms with Crippen LogP contribution >= 0.6 is 15.6 Å². The van der Waals surface area contributed by atoms with Gasteiger partial charge in [0.1, 0.15) is 30.7 Å². The van der Waals surface area contributed by atoms with E-state index in [-0.39, 0.29) is 18.7 Å². The van der Waals surface area contributed by atoms with Crippen LogP contribution < -0.4 is 11.4 Å². The Hall–Kier alpha value is -3.06. The number of nitrogen functional groups attached to an aromatic ring is 1. The second-order valence-corrected chi connectivity index (χ2v) is 19.0. The Morgan fingerprint density at radius 3 is 2.14 bits per heavy atom. The van der Waals surface area contributed by atoms with Gasteiger partial charge in [0.2, 0.25) is 0 Å². The lowest BCUT2D eigenvalue weighted by atomic mass is 10.00. The fourth-order valence-electron chi connectivity index (χ4n) is 6.47. The number of unbranched alkanes of at least 4 members (excludes halogenated alkanes) is 9. The number of carbonyl (C=O) groups excluding carboxylic acids is 2. The molecule has 1 aliphatic heterocycles. The maximum Gasteiger partial charge on any atom is 0.481 e. The molecular weight excluding hydrogens is 876 g/mol. The number of hydrogen-bond donors (Lipinski definition) is 6. The Kier molecular flexibility index (Phi) is 28.3. The van der Waals surface area contributed by atoms with Crippen molar-refractivity contribution in [3.63, 3.8) is 0 Å². The zero-order valence-corrected chi connectivity index (χ0v) is 39.4. The molecule has 21 heteroatoms. The van der Waals surface area contributed by atoms with Gasteiger partial charge in [0.15, 0.2) is 12.3 Å². The predicted octanol–water partition coefficient (Wildman–Crippen LogP) is 6.88. The summed E-state index contributed by atoms with van der Waals surface area (Å²) in [5, 5.41) is 31.0. The molecule has 2 heterocycles. The summed E-state index contributed by atoms with van der Waals surface area (Å²) < 4.78 is 56.5. The summed E-state index contributed by atoms with van der Waals surface area (Å²) in [7, 11) is -10.9. The Morgan fingerprint density at radius 2 is 1.48 bits per heavy atom. The number of aromatic nitrogens is 2. The summed E-state index contributed by atoms with van der Waals surface area (Å²) in [6, 6.07) is 1.24. The first-order valence-electron chi connectivity index (χ1n) is 22.5. The average Bonchev–Trinajstić information content (AvgIpc) is 3.52. The van der Waals surface area contributed by atoms with Gasteiger partial charge >= 0.3 is 33.3 Å². The zero-order chi connectivity index (χ0) is 47.4. The van der Waals surface area contributed by atoms with Gasteiger partial charge in [-0.05, 0) is 44.1 Å². The van der Waals surface area contributed by atoms with Crippen LogP contribution in [-0.2, 0) is 46.3 Å². The van der Waals surface area contributed by atoms with Crippen molar-refractivity contribution in [2.45, 2.75) is 173 Å². The number of nitrogens with zero attached hydrogens (tertiary/aromatic N) is 2. The van der Waals surface area contributed by atoms with Crippen LogP contribution in [0.3, 0.4) is 0 Å². The first-order valence-corrected chi connectivity index (χ1v) is 25.5. The zero-order valence-electron chi connectivity index (χ0n) is 37.6. The molecule has 0 aromatic carbocycles. The number of aliphatic hydroxyl groups is 3. The largest absolute Gasteiger partial charge is 0.481 e. The van der Waals surface area contributed by atoms with Crippen LogP contribution in [0.15, 0.2) is 53.5 Å². The predicted molar refractivity (Wildman–Crippen MR) is 239 cm³/mol. The number of allylic oxidation sites excluding steroid dienone is 5. The van der Waals surface area contributed by atoms with Crippen molar-refractivity contribution in [3.8, 4) is 0 Å². The van der Waals surface area contributed by atoms with Crippen molar-refractivity contribution in [2.75, 3.05) is 25.6 Å². The molecule has 0 spiro atoms. The number of carbonyl (C=O) groups is 2. The van der Waals surface area contributed by atoms with Gasteiger partial charge in [-0.25, -0.2) is 13.9 Å². The first kappa shape index (κ1) is 57.1. The molecule has 9 atom stereocenters. The van der Waals surface area contributed by atoms with Crippen molar-refractivity contribution in [1.29, 1.82) is 0 Å². The quantitative estimate of drug-likeness (QED) is 0.0133. The molecule has 0 saturated carbocycles. The summed E-state index contributed by atoms with van der Waals surface area (Å²) >= 11 is 0. The monoisotopic (exact) mass is 949 g/mol. The molecule has 64 heavy (non-hydrogen) atoms. The Labute approximate surface area is 377 Å². The molecule has 0 radical (unpaired) electrons. The standard InChI is InChI=1S/C43H73N3O16P2/c1-4-6-7-8-9-14-19-24-34(47)25-20-15-12-17-22-27-39(49)60-35(30-57-38(48)26-21-16-11-10-13-18-23-33(3)5-2)31-58-63(53,54)62-64(55,56)59-32-36-40(50)41(51)42(61-36)46-29-28-37(44)45-43(46)52/h6-7,9,14,19,24,28-29,33-36,40-42,47,50-51H,4-5,8,10-13,15-18,20-23,25-27,30-32H2,1-3H3,(H,53,54)(H,55,56)(H2,44,45,52)/b7-6+,14-9+,24-19+/t33?,34?,35-,36-,40-,41-,42-/m1/s1. The van der Waals surface area contributed by atoms with Gasteiger partial charge in [-0.2, -0.15) is 9.29 Å². The SMILES string of the molecule is CC/C=C/C/C=C/C=C/C(O)CCCCCCCC(=O)O[C@H](COC(=O)CCCCCCCCC(C)CC)COP(=O)(O)OP(=O)(O)OC[C@H]1O[C@@H](n2ccc(N)nc2=O)[C@H](O)[C@@H]1O. The summed E-state index contributed by atoms with van der Waals surface area (Å²) in [6.07, 6.45) is 18.6. The van der Waals surface area contributed by atoms with E-state index in [1.54, 1.807) is 6.08 Å². The van der Waals surface area contributed by atoms with Crippen LogP contribution in [0.25, 0.3) is 0 Å². The van der Waals surface area contributed by atoms with E-state index in [1.807, 2.05) is 18.2 Å². The molecule has 4 unspecified atom stereocenters. The molecule has 1 saturated heterocycles. The maximum absolute atomic E-state index is 12.8. The molecule has 1 aromatic rings. The second-order valence-electron chi connectivity index (χ2n) is 16.0. The minimum absolute atomic E-state index is 0.0198. The lowest BCUT2D eigenvalue weighted by Gasteiger charge is -2.21. The van der Waals surface area contributed by atoms with E-state index in [0.29, 0.717) is 31.6 Å². The van der Waals surface area contributed by atoms with Crippen LogP contribution in [0.5, 0.6) is 0 Å². The Balaban J connectivity index is 1.87. The van der Waals surface area contributed by atoms with Crippen molar-refractivity contribution < 1.29 is 71.4 Å². The van der Waals surface area contributed by atoms with Crippen molar-refractivity contribution >= 4 is 33.4 Å². The normalized spacial score (nSPS) is 21.2. The number of aliphatic hydroxyl groups excluding tert-OH is 3. The third-order valence-corrected chi connectivity index (χ3v) is 13.0. The third-order valence-electron chi connectivity index (χ3n) is 10.4. The summed E-state index contributed by atoms with van der Waals surface area (Å²) in [6.45, 7) is 4.13. The second kappa shape index (κ2) is 31.8. The van der Waals surface area contributed by atoms with Gasteiger partial charge in [0, 0.05) is 19.0 Å². The van der Waals surface area contributed by atoms with Crippen molar-refractivity contribution in [1.82, 2.24) is 9.55 Å². The smallest absolute Gasteiger partial charge is 0.462 e. The average molecular weight is 950 g/mol. The highest BCUT2D eigenvalue weighted by Crippen LogP contribution is 2.60. The molecule has 2 rings (SSSR count). The molecule has 19 nitrogen and oxygen atoms in total. The van der Waals surface area contributed by atoms with E-state index in [9.17, 15) is 48.6 Å². The number of nitrogens with two attached hydrogens (primary N) is 1. The van der Waals surface area contributed by atoms with Gasteiger partial charge in [-0.15, -0.1) is 0 Å². The highest BCUT2D eigenvalue weighted by atomic mass is 31.3. The van der Waals surface area contributed by atoms with E-state index in [2.05, 4.69) is 42.2 Å². The number of phosphoric ester groups is 2. The van der Waals surface area contributed by atoms with Crippen molar-refractivity contribution in [3.05, 3.63) is 59.2 Å². The van der Waals surface area contributed by atoms with Gasteiger partial charge < -0.3 is 45.1 Å². The number of rotatable bonds is 35. The minimum Gasteiger partial charge on any atom is -0.462 e. The number of phosphoric acid groups is 2. The maximum atomic E-state index is 12.8. The number of anilines is 1. The molecule has 7 N–H and O–H groups in total.